The molecule has 0 aliphatic carbocycles. The van der Waals surface area contributed by atoms with E-state index in [4.69, 9.17) is 5.26 Å². The fourth-order valence-corrected chi connectivity index (χ4v) is 3.01. The lowest BCUT2D eigenvalue weighted by Crippen LogP contribution is -2.26. The smallest absolute Gasteiger partial charge is 0.240 e. The van der Waals surface area contributed by atoms with Gasteiger partial charge >= 0.3 is 0 Å². The van der Waals surface area contributed by atoms with Crippen LogP contribution >= 0.6 is 0 Å². The number of hydrogen-bond donors (Lipinski definition) is 2. The summed E-state index contributed by atoms with van der Waals surface area (Å²) in [6.45, 7) is 2.72. The lowest BCUT2D eigenvalue weighted by Gasteiger charge is -2.09. The third-order valence-corrected chi connectivity index (χ3v) is 4.67. The van der Waals surface area contributed by atoms with E-state index in [-0.39, 0.29) is 4.90 Å². The Kier molecular flexibility index (Phi) is 5.68. The van der Waals surface area contributed by atoms with Crippen molar-refractivity contribution in [3.63, 3.8) is 0 Å². The van der Waals surface area contributed by atoms with E-state index in [1.54, 1.807) is 42.6 Å². The minimum Gasteiger partial charge on any atom is -0.369 e. The molecule has 6 nitrogen and oxygen atoms in total. The SMILES string of the molecule is Cc1ccc(S(=O)(=O)NCCCNc2ncccc2C#N)cc1. The molecular formula is C16H18N4O2S. The molecule has 0 saturated heterocycles. The van der Waals surface area contributed by atoms with E-state index in [2.05, 4.69) is 21.1 Å². The van der Waals surface area contributed by atoms with Gasteiger partial charge in [0, 0.05) is 19.3 Å². The monoisotopic (exact) mass is 330 g/mol. The standard InChI is InChI=1S/C16H18N4O2S/c1-13-5-7-15(8-6-13)23(21,22)20-11-3-10-19-16-14(12-17)4-2-9-18-16/h2,4-9,20H,3,10-11H2,1H3,(H,18,19). The summed E-state index contributed by atoms with van der Waals surface area (Å²) in [5.41, 5.74) is 1.48. The van der Waals surface area contributed by atoms with Crippen molar-refractivity contribution >= 4 is 15.8 Å². The van der Waals surface area contributed by atoms with E-state index >= 15 is 0 Å². The van der Waals surface area contributed by atoms with E-state index < -0.39 is 10.0 Å². The summed E-state index contributed by atoms with van der Waals surface area (Å²) in [4.78, 5) is 4.34. The van der Waals surface area contributed by atoms with E-state index in [9.17, 15) is 8.42 Å². The number of anilines is 1. The molecule has 1 aromatic heterocycles. The molecule has 0 unspecified atom stereocenters. The van der Waals surface area contributed by atoms with Crippen LogP contribution in [0.1, 0.15) is 17.5 Å². The number of aromatic nitrogens is 1. The maximum atomic E-state index is 12.1. The molecule has 23 heavy (non-hydrogen) atoms. The molecule has 2 rings (SSSR count). The highest BCUT2D eigenvalue weighted by molar-refractivity contribution is 7.89. The fourth-order valence-electron chi connectivity index (χ4n) is 1.94. The van der Waals surface area contributed by atoms with E-state index in [1.807, 2.05) is 6.92 Å². The van der Waals surface area contributed by atoms with E-state index in [0.717, 1.165) is 5.56 Å². The minimum absolute atomic E-state index is 0.257. The third-order valence-electron chi connectivity index (χ3n) is 3.20. The van der Waals surface area contributed by atoms with E-state index in [1.165, 1.54) is 0 Å². The first-order chi connectivity index (χ1) is 11.0. The van der Waals surface area contributed by atoms with Gasteiger partial charge in [-0.05, 0) is 37.6 Å². The van der Waals surface area contributed by atoms with Crippen LogP contribution in [0.3, 0.4) is 0 Å². The number of pyridine rings is 1. The molecule has 1 aromatic carbocycles. The molecule has 0 aliphatic rings. The van der Waals surface area contributed by atoms with Gasteiger partial charge in [0.15, 0.2) is 0 Å². The second kappa shape index (κ2) is 7.72. The number of nitriles is 1. The molecule has 7 heteroatoms. The maximum absolute atomic E-state index is 12.1. The van der Waals surface area contributed by atoms with Gasteiger partial charge in [-0.15, -0.1) is 0 Å². The van der Waals surface area contributed by atoms with Gasteiger partial charge in [-0.2, -0.15) is 5.26 Å². The summed E-state index contributed by atoms with van der Waals surface area (Å²) in [5.74, 6) is 0.511. The fraction of sp³-hybridized carbons (Fsp3) is 0.250. The van der Waals surface area contributed by atoms with Gasteiger partial charge in [0.1, 0.15) is 11.9 Å². The highest BCUT2D eigenvalue weighted by Crippen LogP contribution is 2.10. The zero-order valence-corrected chi connectivity index (χ0v) is 13.6. The molecule has 1 heterocycles. The van der Waals surface area contributed by atoms with Crippen LogP contribution in [0.15, 0.2) is 47.5 Å². The van der Waals surface area contributed by atoms with Gasteiger partial charge in [-0.3, -0.25) is 0 Å². The first-order valence-corrected chi connectivity index (χ1v) is 8.66. The molecule has 0 radical (unpaired) electrons. The van der Waals surface area contributed by atoms with Crippen molar-refractivity contribution in [2.75, 3.05) is 18.4 Å². The van der Waals surface area contributed by atoms with Crippen LogP contribution < -0.4 is 10.0 Å². The van der Waals surface area contributed by atoms with Crippen LogP contribution in [0.4, 0.5) is 5.82 Å². The highest BCUT2D eigenvalue weighted by Gasteiger charge is 2.12. The van der Waals surface area contributed by atoms with Crippen molar-refractivity contribution in [3.8, 4) is 6.07 Å². The summed E-state index contributed by atoms with van der Waals surface area (Å²) >= 11 is 0. The molecule has 0 saturated carbocycles. The number of sulfonamides is 1. The number of aryl methyl sites for hydroxylation is 1. The van der Waals surface area contributed by atoms with Crippen molar-refractivity contribution in [2.45, 2.75) is 18.2 Å². The first-order valence-electron chi connectivity index (χ1n) is 7.18. The molecule has 0 atom stereocenters. The molecule has 2 N–H and O–H groups in total. The number of hydrogen-bond acceptors (Lipinski definition) is 5. The number of rotatable bonds is 7. The van der Waals surface area contributed by atoms with Gasteiger partial charge in [0.05, 0.1) is 10.5 Å². The zero-order chi connectivity index (χ0) is 16.7. The van der Waals surface area contributed by atoms with Gasteiger partial charge in [0.2, 0.25) is 10.0 Å². The van der Waals surface area contributed by atoms with Crippen molar-refractivity contribution in [3.05, 3.63) is 53.7 Å². The van der Waals surface area contributed by atoms with Crippen LogP contribution in [-0.4, -0.2) is 26.5 Å². The third kappa shape index (κ3) is 4.77. The Bertz CT molecular complexity index is 796. The molecule has 0 bridgehead atoms. The minimum atomic E-state index is -3.48. The first kappa shape index (κ1) is 16.9. The maximum Gasteiger partial charge on any atom is 0.240 e. The second-order valence-corrected chi connectivity index (χ2v) is 6.77. The van der Waals surface area contributed by atoms with Crippen molar-refractivity contribution in [1.82, 2.24) is 9.71 Å². The molecule has 2 aromatic rings. The van der Waals surface area contributed by atoms with Crippen molar-refractivity contribution in [2.24, 2.45) is 0 Å². The Balaban J connectivity index is 1.81. The normalized spacial score (nSPS) is 11.0. The largest absolute Gasteiger partial charge is 0.369 e. The van der Waals surface area contributed by atoms with Crippen LogP contribution in [0.5, 0.6) is 0 Å². The average Bonchev–Trinajstić information content (AvgIpc) is 2.55. The Hall–Kier alpha value is -2.43. The number of benzene rings is 1. The number of nitrogens with zero attached hydrogens (tertiary/aromatic N) is 2. The van der Waals surface area contributed by atoms with Crippen LogP contribution in [0.2, 0.25) is 0 Å². The predicted octanol–water partition coefficient (Wildman–Crippen LogP) is 2.04. The number of nitrogens with one attached hydrogen (secondary N) is 2. The van der Waals surface area contributed by atoms with Gasteiger partial charge in [0.25, 0.3) is 0 Å². The molecule has 0 spiro atoms. The van der Waals surface area contributed by atoms with Gasteiger partial charge in [-0.1, -0.05) is 17.7 Å². The Labute approximate surface area is 136 Å². The summed E-state index contributed by atoms with van der Waals surface area (Å²) in [6, 6.07) is 12.1. The second-order valence-electron chi connectivity index (χ2n) is 5.00. The molecule has 120 valence electrons. The highest BCUT2D eigenvalue weighted by atomic mass is 32.2. The van der Waals surface area contributed by atoms with Gasteiger partial charge < -0.3 is 5.32 Å². The van der Waals surface area contributed by atoms with Crippen molar-refractivity contribution < 1.29 is 8.42 Å². The van der Waals surface area contributed by atoms with Crippen LogP contribution in [0, 0.1) is 18.3 Å². The van der Waals surface area contributed by atoms with Crippen LogP contribution in [-0.2, 0) is 10.0 Å². The Morgan fingerprint density at radius 1 is 1.17 bits per heavy atom. The molecule has 0 aliphatic heterocycles. The predicted molar refractivity (Wildman–Crippen MR) is 88.4 cm³/mol. The summed E-state index contributed by atoms with van der Waals surface area (Å²) in [6.07, 6.45) is 2.18. The quantitative estimate of drug-likeness (QED) is 0.758. The lowest BCUT2D eigenvalue weighted by atomic mass is 10.2. The van der Waals surface area contributed by atoms with Gasteiger partial charge in [-0.25, -0.2) is 18.1 Å². The topological polar surface area (TPSA) is 94.9 Å². The lowest BCUT2D eigenvalue weighted by molar-refractivity contribution is 0.580. The Morgan fingerprint density at radius 3 is 2.61 bits per heavy atom. The van der Waals surface area contributed by atoms with E-state index in [0.29, 0.717) is 30.9 Å². The van der Waals surface area contributed by atoms with Crippen LogP contribution in [0.25, 0.3) is 0 Å². The Morgan fingerprint density at radius 2 is 1.91 bits per heavy atom. The summed E-state index contributed by atoms with van der Waals surface area (Å²) < 4.78 is 26.7. The molecular weight excluding hydrogens is 312 g/mol. The molecule has 0 amide bonds. The summed E-state index contributed by atoms with van der Waals surface area (Å²) in [7, 11) is -3.48. The molecule has 0 fully saturated rings. The van der Waals surface area contributed by atoms with Crippen molar-refractivity contribution in [1.29, 1.82) is 5.26 Å². The average molecular weight is 330 g/mol. The zero-order valence-electron chi connectivity index (χ0n) is 12.8. The summed E-state index contributed by atoms with van der Waals surface area (Å²) in [5, 5.41) is 12.0.